The second kappa shape index (κ2) is 7.36. The average molecular weight is 401 g/mol. The van der Waals surface area contributed by atoms with Crippen LogP contribution in [0.1, 0.15) is 22.3 Å². The highest BCUT2D eigenvalue weighted by Crippen LogP contribution is 2.21. The molecule has 2 heterocycles. The maximum Gasteiger partial charge on any atom is 0.267 e. The van der Waals surface area contributed by atoms with E-state index in [0.29, 0.717) is 35.1 Å². The lowest BCUT2D eigenvalue weighted by Crippen LogP contribution is -2.50. The lowest BCUT2D eigenvalue weighted by atomic mass is 10.2. The van der Waals surface area contributed by atoms with E-state index < -0.39 is 10.0 Å². The number of nitrogens with zero attached hydrogens (tertiary/aromatic N) is 4. The van der Waals surface area contributed by atoms with Crippen molar-refractivity contribution >= 4 is 39.1 Å². The number of carbonyl (C=O) groups excluding carboxylic acids is 1. The molecule has 2 aromatic rings. The number of carbonyl (C=O) groups is 1. The summed E-state index contributed by atoms with van der Waals surface area (Å²) in [6, 6.07) is 6.09. The molecule has 25 heavy (non-hydrogen) atoms. The zero-order valence-corrected chi connectivity index (χ0v) is 15.9. The Labute approximate surface area is 155 Å². The standard InChI is InChI=1S/C15H17ClN4O3S2/c1-2-13-14(24-18-17-13)15(21)19-7-9-20(10-8-19)25(22,23)12-5-3-11(16)4-6-12/h3-6H,2,7-10H2,1H3. The van der Waals surface area contributed by atoms with Crippen LogP contribution in [-0.4, -0.2) is 59.3 Å². The van der Waals surface area contributed by atoms with Crippen molar-refractivity contribution in [1.29, 1.82) is 0 Å². The summed E-state index contributed by atoms with van der Waals surface area (Å²) < 4.78 is 30.6. The molecule has 0 saturated carbocycles. The van der Waals surface area contributed by atoms with Crippen LogP contribution in [0.5, 0.6) is 0 Å². The molecule has 0 spiro atoms. The van der Waals surface area contributed by atoms with Gasteiger partial charge in [0.25, 0.3) is 5.91 Å². The first kappa shape index (κ1) is 18.2. The highest BCUT2D eigenvalue weighted by atomic mass is 35.5. The van der Waals surface area contributed by atoms with Gasteiger partial charge in [0, 0.05) is 31.2 Å². The monoisotopic (exact) mass is 400 g/mol. The molecule has 1 aliphatic heterocycles. The molecule has 1 aromatic carbocycles. The van der Waals surface area contributed by atoms with E-state index in [2.05, 4.69) is 9.59 Å². The van der Waals surface area contributed by atoms with Crippen molar-refractivity contribution in [3.05, 3.63) is 39.9 Å². The minimum absolute atomic E-state index is 0.129. The number of piperazine rings is 1. The van der Waals surface area contributed by atoms with E-state index in [1.165, 1.54) is 16.4 Å². The Balaban J connectivity index is 1.69. The van der Waals surface area contributed by atoms with E-state index in [4.69, 9.17) is 11.6 Å². The fourth-order valence-electron chi connectivity index (χ4n) is 2.63. The van der Waals surface area contributed by atoms with Crippen molar-refractivity contribution in [1.82, 2.24) is 18.8 Å². The lowest BCUT2D eigenvalue weighted by Gasteiger charge is -2.33. The molecule has 0 aliphatic carbocycles. The molecule has 1 aromatic heterocycles. The predicted molar refractivity (Wildman–Crippen MR) is 95.4 cm³/mol. The van der Waals surface area contributed by atoms with Gasteiger partial charge in [-0.25, -0.2) is 8.42 Å². The minimum atomic E-state index is -3.58. The SMILES string of the molecule is CCc1nnsc1C(=O)N1CCN(S(=O)(=O)c2ccc(Cl)cc2)CC1. The summed E-state index contributed by atoms with van der Waals surface area (Å²) in [5.41, 5.74) is 0.686. The molecule has 1 aliphatic rings. The van der Waals surface area contributed by atoms with Crippen LogP contribution in [0.25, 0.3) is 0 Å². The Kier molecular flexibility index (Phi) is 5.38. The number of halogens is 1. The first-order valence-corrected chi connectivity index (χ1v) is 10.4. The van der Waals surface area contributed by atoms with Gasteiger partial charge in [0.1, 0.15) is 4.88 Å². The zero-order chi connectivity index (χ0) is 18.0. The summed E-state index contributed by atoms with van der Waals surface area (Å²) in [6.45, 7) is 3.11. The van der Waals surface area contributed by atoms with Crippen LogP contribution in [0.2, 0.25) is 5.02 Å². The van der Waals surface area contributed by atoms with E-state index in [1.807, 2.05) is 6.92 Å². The van der Waals surface area contributed by atoms with E-state index >= 15 is 0 Å². The first-order chi connectivity index (χ1) is 11.9. The molecular weight excluding hydrogens is 384 g/mol. The third kappa shape index (κ3) is 3.69. The van der Waals surface area contributed by atoms with E-state index in [9.17, 15) is 13.2 Å². The maximum atomic E-state index is 12.7. The van der Waals surface area contributed by atoms with Crippen LogP contribution in [0, 0.1) is 0 Å². The molecule has 0 radical (unpaired) electrons. The molecule has 0 N–H and O–H groups in total. The van der Waals surface area contributed by atoms with Crippen LogP contribution < -0.4 is 0 Å². The van der Waals surface area contributed by atoms with Gasteiger partial charge in [0.05, 0.1) is 10.6 Å². The zero-order valence-electron chi connectivity index (χ0n) is 13.6. The van der Waals surface area contributed by atoms with Crippen molar-refractivity contribution in [3.8, 4) is 0 Å². The largest absolute Gasteiger partial charge is 0.335 e. The van der Waals surface area contributed by atoms with Crippen molar-refractivity contribution < 1.29 is 13.2 Å². The molecule has 10 heteroatoms. The van der Waals surface area contributed by atoms with Gasteiger partial charge >= 0.3 is 0 Å². The van der Waals surface area contributed by atoms with Gasteiger partial charge in [-0.05, 0) is 42.2 Å². The Morgan fingerprint density at radius 1 is 1.20 bits per heavy atom. The highest BCUT2D eigenvalue weighted by molar-refractivity contribution is 7.89. The van der Waals surface area contributed by atoms with Crippen molar-refractivity contribution in [2.45, 2.75) is 18.2 Å². The normalized spacial score (nSPS) is 16.2. The Morgan fingerprint density at radius 2 is 1.84 bits per heavy atom. The number of aryl methyl sites for hydroxylation is 1. The van der Waals surface area contributed by atoms with Gasteiger partial charge in [-0.3, -0.25) is 4.79 Å². The quantitative estimate of drug-likeness (QED) is 0.782. The summed E-state index contributed by atoms with van der Waals surface area (Å²) in [5, 5.41) is 4.44. The molecule has 134 valence electrons. The van der Waals surface area contributed by atoms with Crippen LogP contribution in [0.15, 0.2) is 29.2 Å². The minimum Gasteiger partial charge on any atom is -0.335 e. The highest BCUT2D eigenvalue weighted by Gasteiger charge is 2.31. The van der Waals surface area contributed by atoms with Gasteiger partial charge in [-0.2, -0.15) is 4.31 Å². The van der Waals surface area contributed by atoms with E-state index in [-0.39, 0.29) is 23.9 Å². The topological polar surface area (TPSA) is 83.5 Å². The Hall–Kier alpha value is -1.55. The molecule has 0 atom stereocenters. The molecule has 3 rings (SSSR count). The molecule has 1 fully saturated rings. The molecule has 1 amide bonds. The number of rotatable bonds is 4. The van der Waals surface area contributed by atoms with E-state index in [0.717, 1.165) is 11.5 Å². The van der Waals surface area contributed by atoms with Crippen LogP contribution in [-0.2, 0) is 16.4 Å². The molecule has 7 nitrogen and oxygen atoms in total. The third-order valence-corrected chi connectivity index (χ3v) is 6.98. The van der Waals surface area contributed by atoms with Crippen LogP contribution in [0.4, 0.5) is 0 Å². The molecule has 0 unspecified atom stereocenters. The Morgan fingerprint density at radius 3 is 2.44 bits per heavy atom. The number of amides is 1. The smallest absolute Gasteiger partial charge is 0.267 e. The van der Waals surface area contributed by atoms with Gasteiger partial charge in [0.2, 0.25) is 10.0 Å². The van der Waals surface area contributed by atoms with Gasteiger partial charge < -0.3 is 4.90 Å². The average Bonchev–Trinajstić information content (AvgIpc) is 3.10. The van der Waals surface area contributed by atoms with Gasteiger partial charge in [-0.15, -0.1) is 5.10 Å². The third-order valence-electron chi connectivity index (χ3n) is 4.06. The lowest BCUT2D eigenvalue weighted by molar-refractivity contribution is 0.0701. The van der Waals surface area contributed by atoms with E-state index in [1.54, 1.807) is 17.0 Å². The number of hydrogen-bond donors (Lipinski definition) is 0. The van der Waals surface area contributed by atoms with Gasteiger partial charge in [-0.1, -0.05) is 23.0 Å². The number of benzene rings is 1. The molecule has 0 bridgehead atoms. The van der Waals surface area contributed by atoms with Crippen LogP contribution >= 0.6 is 23.1 Å². The summed E-state index contributed by atoms with van der Waals surface area (Å²) in [6.07, 6.45) is 0.641. The van der Waals surface area contributed by atoms with Crippen molar-refractivity contribution in [3.63, 3.8) is 0 Å². The fourth-order valence-corrected chi connectivity index (χ4v) is 4.90. The number of hydrogen-bond acceptors (Lipinski definition) is 6. The van der Waals surface area contributed by atoms with Gasteiger partial charge in [0.15, 0.2) is 0 Å². The molecular formula is C15H17ClN4O3S2. The van der Waals surface area contributed by atoms with Crippen molar-refractivity contribution in [2.24, 2.45) is 0 Å². The summed E-state index contributed by atoms with van der Waals surface area (Å²) in [5.74, 6) is -0.129. The van der Waals surface area contributed by atoms with Crippen molar-refractivity contribution in [2.75, 3.05) is 26.2 Å². The van der Waals surface area contributed by atoms with Crippen LogP contribution in [0.3, 0.4) is 0 Å². The first-order valence-electron chi connectivity index (χ1n) is 7.79. The molecule has 1 saturated heterocycles. The second-order valence-electron chi connectivity index (χ2n) is 5.55. The maximum absolute atomic E-state index is 12.7. The number of sulfonamides is 1. The summed E-state index contributed by atoms with van der Waals surface area (Å²) in [4.78, 5) is 15.0. The number of aromatic nitrogens is 2. The fraction of sp³-hybridized carbons (Fsp3) is 0.400. The summed E-state index contributed by atoms with van der Waals surface area (Å²) in [7, 11) is -3.58. The summed E-state index contributed by atoms with van der Waals surface area (Å²) >= 11 is 6.90. The Bertz CT molecular complexity index is 859. The predicted octanol–water partition coefficient (Wildman–Crippen LogP) is 1.90. The second-order valence-corrected chi connectivity index (χ2v) is 8.68.